The SMILES string of the molecule is CC(C)OC(=O)N1CCC(Oc2ccn(-c3ccccn3)c(=O)c2)CC1. The van der Waals surface area contributed by atoms with Crippen LogP contribution in [-0.4, -0.2) is 45.8 Å². The van der Waals surface area contributed by atoms with Crippen LogP contribution in [0.5, 0.6) is 5.75 Å². The molecule has 3 rings (SSSR count). The summed E-state index contributed by atoms with van der Waals surface area (Å²) in [6, 6.07) is 8.63. The van der Waals surface area contributed by atoms with Gasteiger partial charge in [-0.15, -0.1) is 0 Å². The molecule has 0 atom stereocenters. The maximum absolute atomic E-state index is 12.3. The number of carbonyl (C=O) groups excluding carboxylic acids is 1. The topological polar surface area (TPSA) is 73.7 Å². The van der Waals surface area contributed by atoms with E-state index in [1.165, 1.54) is 10.6 Å². The zero-order valence-corrected chi connectivity index (χ0v) is 15.0. The number of hydrogen-bond acceptors (Lipinski definition) is 5. The lowest BCUT2D eigenvalue weighted by atomic mass is 10.1. The molecule has 0 bridgehead atoms. The Hall–Kier alpha value is -2.83. The van der Waals surface area contributed by atoms with Gasteiger partial charge in [-0.05, 0) is 32.0 Å². The molecule has 1 aliphatic heterocycles. The summed E-state index contributed by atoms with van der Waals surface area (Å²) in [5, 5.41) is 0. The van der Waals surface area contributed by atoms with E-state index < -0.39 is 0 Å². The number of hydrogen-bond donors (Lipinski definition) is 0. The van der Waals surface area contributed by atoms with Crippen LogP contribution in [0.4, 0.5) is 4.79 Å². The highest BCUT2D eigenvalue weighted by atomic mass is 16.6. The molecule has 1 fully saturated rings. The third-order valence-electron chi connectivity index (χ3n) is 4.13. The number of carbonyl (C=O) groups is 1. The van der Waals surface area contributed by atoms with Crippen LogP contribution in [0.15, 0.2) is 47.5 Å². The van der Waals surface area contributed by atoms with E-state index in [1.54, 1.807) is 35.5 Å². The normalized spacial score (nSPS) is 15.1. The number of pyridine rings is 2. The Morgan fingerprint density at radius 3 is 2.62 bits per heavy atom. The quantitative estimate of drug-likeness (QED) is 0.841. The zero-order valence-electron chi connectivity index (χ0n) is 15.0. The van der Waals surface area contributed by atoms with Gasteiger partial charge in [0.25, 0.3) is 5.56 Å². The van der Waals surface area contributed by atoms with E-state index >= 15 is 0 Å². The van der Waals surface area contributed by atoms with E-state index in [4.69, 9.17) is 9.47 Å². The number of piperidine rings is 1. The molecule has 3 heterocycles. The number of nitrogens with zero attached hydrogens (tertiary/aromatic N) is 3. The molecule has 1 saturated heterocycles. The molecule has 0 spiro atoms. The van der Waals surface area contributed by atoms with Gasteiger partial charge in [-0.1, -0.05) is 6.07 Å². The third-order valence-corrected chi connectivity index (χ3v) is 4.13. The van der Waals surface area contributed by atoms with Crippen molar-refractivity contribution in [2.75, 3.05) is 13.1 Å². The first-order chi connectivity index (χ1) is 12.5. The molecule has 1 amide bonds. The molecule has 0 unspecified atom stereocenters. The van der Waals surface area contributed by atoms with Crippen molar-refractivity contribution in [2.45, 2.75) is 38.9 Å². The van der Waals surface area contributed by atoms with Crippen LogP contribution in [0.3, 0.4) is 0 Å². The summed E-state index contributed by atoms with van der Waals surface area (Å²) >= 11 is 0. The van der Waals surface area contributed by atoms with Gasteiger partial charge in [-0.3, -0.25) is 9.36 Å². The van der Waals surface area contributed by atoms with Gasteiger partial charge in [0.2, 0.25) is 0 Å². The minimum atomic E-state index is -0.281. The average Bonchev–Trinajstić information content (AvgIpc) is 2.62. The van der Waals surface area contributed by atoms with Crippen molar-refractivity contribution < 1.29 is 14.3 Å². The monoisotopic (exact) mass is 357 g/mol. The van der Waals surface area contributed by atoms with Crippen molar-refractivity contribution in [1.29, 1.82) is 0 Å². The van der Waals surface area contributed by atoms with Crippen LogP contribution in [0.25, 0.3) is 5.82 Å². The Kier molecular flexibility index (Phi) is 5.55. The van der Waals surface area contributed by atoms with Crippen molar-refractivity contribution >= 4 is 6.09 Å². The second-order valence-electron chi connectivity index (χ2n) is 6.50. The van der Waals surface area contributed by atoms with Crippen molar-refractivity contribution in [3.8, 4) is 11.6 Å². The molecule has 2 aromatic heterocycles. The summed E-state index contributed by atoms with van der Waals surface area (Å²) in [5.41, 5.74) is -0.195. The largest absolute Gasteiger partial charge is 0.490 e. The first-order valence-electron chi connectivity index (χ1n) is 8.79. The predicted molar refractivity (Wildman–Crippen MR) is 96.7 cm³/mol. The van der Waals surface area contributed by atoms with Crippen LogP contribution < -0.4 is 10.3 Å². The Morgan fingerprint density at radius 2 is 2.00 bits per heavy atom. The number of ether oxygens (including phenoxy) is 2. The van der Waals surface area contributed by atoms with Crippen molar-refractivity contribution in [2.24, 2.45) is 0 Å². The Balaban J connectivity index is 1.58. The van der Waals surface area contributed by atoms with E-state index in [1.807, 2.05) is 19.9 Å². The van der Waals surface area contributed by atoms with E-state index in [0.717, 1.165) is 0 Å². The Morgan fingerprint density at radius 1 is 1.23 bits per heavy atom. The van der Waals surface area contributed by atoms with Crippen molar-refractivity contribution in [3.63, 3.8) is 0 Å². The lowest BCUT2D eigenvalue weighted by molar-refractivity contribution is 0.0516. The molecular formula is C19H23N3O4. The van der Waals surface area contributed by atoms with Gasteiger partial charge in [-0.2, -0.15) is 0 Å². The van der Waals surface area contributed by atoms with Crippen LogP contribution in [-0.2, 0) is 4.74 Å². The molecule has 0 aliphatic carbocycles. The van der Waals surface area contributed by atoms with Crippen LogP contribution >= 0.6 is 0 Å². The van der Waals surface area contributed by atoms with Gasteiger partial charge in [-0.25, -0.2) is 9.78 Å². The molecule has 7 heteroatoms. The van der Waals surface area contributed by atoms with Crippen LogP contribution in [0.2, 0.25) is 0 Å². The summed E-state index contributed by atoms with van der Waals surface area (Å²) in [4.78, 5) is 30.1. The predicted octanol–water partition coefficient (Wildman–Crippen LogP) is 2.62. The molecule has 0 radical (unpaired) electrons. The van der Waals surface area contributed by atoms with Gasteiger partial charge in [0.1, 0.15) is 17.7 Å². The standard InChI is InChI=1S/C19H23N3O4/c1-14(2)25-19(24)21-10-6-15(7-11-21)26-16-8-12-22(18(23)13-16)17-5-3-4-9-20-17/h3-5,8-9,12-15H,6-7,10-11H2,1-2H3. The highest BCUT2D eigenvalue weighted by Gasteiger charge is 2.25. The first-order valence-corrected chi connectivity index (χ1v) is 8.79. The van der Waals surface area contributed by atoms with Crippen LogP contribution in [0.1, 0.15) is 26.7 Å². The lowest BCUT2D eigenvalue weighted by Gasteiger charge is -2.32. The minimum Gasteiger partial charge on any atom is -0.490 e. The van der Waals surface area contributed by atoms with Gasteiger partial charge in [0.15, 0.2) is 0 Å². The summed E-state index contributed by atoms with van der Waals surface area (Å²) < 4.78 is 12.6. The van der Waals surface area contributed by atoms with E-state index in [9.17, 15) is 9.59 Å². The third kappa shape index (κ3) is 4.41. The number of amides is 1. The maximum Gasteiger partial charge on any atom is 0.410 e. The van der Waals surface area contributed by atoms with Crippen molar-refractivity contribution in [1.82, 2.24) is 14.5 Å². The second kappa shape index (κ2) is 8.03. The molecule has 138 valence electrons. The molecule has 0 saturated carbocycles. The molecule has 0 N–H and O–H groups in total. The van der Waals surface area contributed by atoms with Gasteiger partial charge in [0.05, 0.1) is 6.10 Å². The van der Waals surface area contributed by atoms with Crippen molar-refractivity contribution in [3.05, 3.63) is 53.1 Å². The van der Waals surface area contributed by atoms with Gasteiger partial charge >= 0.3 is 6.09 Å². The second-order valence-corrected chi connectivity index (χ2v) is 6.50. The molecule has 7 nitrogen and oxygen atoms in total. The zero-order chi connectivity index (χ0) is 18.5. The molecule has 0 aromatic carbocycles. The van der Waals surface area contributed by atoms with E-state index in [2.05, 4.69) is 4.98 Å². The number of aromatic nitrogens is 2. The average molecular weight is 357 g/mol. The highest BCUT2D eigenvalue weighted by Crippen LogP contribution is 2.19. The summed E-state index contributed by atoms with van der Waals surface area (Å²) in [6.45, 7) is 4.84. The fourth-order valence-corrected chi connectivity index (χ4v) is 2.84. The fraction of sp³-hybridized carbons (Fsp3) is 0.421. The first kappa shape index (κ1) is 18.0. The van der Waals surface area contributed by atoms with E-state index in [0.29, 0.717) is 37.5 Å². The van der Waals surface area contributed by atoms with Gasteiger partial charge < -0.3 is 14.4 Å². The molecule has 1 aliphatic rings. The van der Waals surface area contributed by atoms with Crippen LogP contribution in [0, 0.1) is 0 Å². The summed E-state index contributed by atoms with van der Waals surface area (Å²) in [5.74, 6) is 1.10. The highest BCUT2D eigenvalue weighted by molar-refractivity contribution is 5.67. The summed E-state index contributed by atoms with van der Waals surface area (Å²) in [6.07, 6.45) is 4.29. The number of likely N-dealkylation sites (tertiary alicyclic amines) is 1. The molecular weight excluding hydrogens is 334 g/mol. The maximum atomic E-state index is 12.3. The lowest BCUT2D eigenvalue weighted by Crippen LogP contribution is -2.42. The van der Waals surface area contributed by atoms with Gasteiger partial charge in [0, 0.05) is 44.4 Å². The molecule has 2 aromatic rings. The Bertz CT molecular complexity index is 796. The minimum absolute atomic E-state index is 0.0248. The summed E-state index contributed by atoms with van der Waals surface area (Å²) in [7, 11) is 0. The Labute approximate surface area is 152 Å². The van der Waals surface area contributed by atoms with E-state index in [-0.39, 0.29) is 23.9 Å². The fourth-order valence-electron chi connectivity index (χ4n) is 2.84. The molecule has 26 heavy (non-hydrogen) atoms. The number of rotatable bonds is 4. The smallest absolute Gasteiger partial charge is 0.410 e.